The van der Waals surface area contributed by atoms with Crippen LogP contribution >= 0.6 is 11.8 Å². The molecule has 2 nitrogen and oxygen atoms in total. The molecule has 0 N–H and O–H groups in total. The van der Waals surface area contributed by atoms with Crippen molar-refractivity contribution in [2.75, 3.05) is 24.6 Å². The molecule has 0 spiro atoms. The maximum atomic E-state index is 13.5. The van der Waals surface area contributed by atoms with E-state index in [2.05, 4.69) is 53.6 Å². The number of halogens is 1. The maximum absolute atomic E-state index is 13.5. The number of para-hydroxylation sites is 1. The summed E-state index contributed by atoms with van der Waals surface area (Å²) in [6.07, 6.45) is 0. The van der Waals surface area contributed by atoms with E-state index in [1.54, 1.807) is 12.1 Å². The molecule has 1 aliphatic heterocycles. The summed E-state index contributed by atoms with van der Waals surface area (Å²) in [5.74, 6) is 2.22. The number of thioether (sulfide) groups is 1. The van der Waals surface area contributed by atoms with Gasteiger partial charge in [-0.1, -0.05) is 18.2 Å². The summed E-state index contributed by atoms with van der Waals surface area (Å²) in [5, 5.41) is 0. The SMILES string of the molecule is Cc1ccccc1-n1c(-c2ccc(F)cc2)cc(CN2CCSCC2)c1C. The Labute approximate surface area is 165 Å². The zero-order chi connectivity index (χ0) is 18.8. The number of aromatic nitrogens is 1. The third-order valence-electron chi connectivity index (χ3n) is 5.35. The van der Waals surface area contributed by atoms with E-state index in [0.717, 1.165) is 30.9 Å². The van der Waals surface area contributed by atoms with E-state index in [-0.39, 0.29) is 5.82 Å². The highest BCUT2D eigenvalue weighted by Gasteiger charge is 2.19. The van der Waals surface area contributed by atoms with Gasteiger partial charge >= 0.3 is 0 Å². The third kappa shape index (κ3) is 3.83. The molecule has 2 aromatic carbocycles. The number of benzene rings is 2. The van der Waals surface area contributed by atoms with Crippen molar-refractivity contribution in [3.8, 4) is 16.9 Å². The second-order valence-electron chi connectivity index (χ2n) is 7.16. The fraction of sp³-hybridized carbons (Fsp3) is 0.304. The zero-order valence-corrected chi connectivity index (χ0v) is 16.7. The van der Waals surface area contributed by atoms with Crippen LogP contribution in [0.3, 0.4) is 0 Å². The van der Waals surface area contributed by atoms with Gasteiger partial charge in [-0.25, -0.2) is 4.39 Å². The average molecular weight is 381 g/mol. The fourth-order valence-corrected chi connectivity index (χ4v) is 4.76. The van der Waals surface area contributed by atoms with Gasteiger partial charge in [0.2, 0.25) is 0 Å². The number of nitrogens with zero attached hydrogens (tertiary/aromatic N) is 2. The first kappa shape index (κ1) is 18.3. The molecule has 1 saturated heterocycles. The van der Waals surface area contributed by atoms with E-state index in [9.17, 15) is 4.39 Å². The quantitative estimate of drug-likeness (QED) is 0.595. The number of aryl methyl sites for hydroxylation is 1. The lowest BCUT2D eigenvalue weighted by molar-refractivity contribution is 0.294. The van der Waals surface area contributed by atoms with Gasteiger partial charge in [0.25, 0.3) is 0 Å². The lowest BCUT2D eigenvalue weighted by Gasteiger charge is -2.26. The molecule has 0 saturated carbocycles. The van der Waals surface area contributed by atoms with Crippen LogP contribution in [0.5, 0.6) is 0 Å². The molecule has 0 bridgehead atoms. The zero-order valence-electron chi connectivity index (χ0n) is 15.9. The molecule has 3 aromatic rings. The third-order valence-corrected chi connectivity index (χ3v) is 6.29. The van der Waals surface area contributed by atoms with Crippen LogP contribution < -0.4 is 0 Å². The Morgan fingerprint density at radius 3 is 2.37 bits per heavy atom. The number of rotatable bonds is 4. The van der Waals surface area contributed by atoms with Crippen molar-refractivity contribution >= 4 is 11.8 Å². The molecule has 1 aromatic heterocycles. The molecule has 1 fully saturated rings. The molecule has 27 heavy (non-hydrogen) atoms. The van der Waals surface area contributed by atoms with E-state index in [0.29, 0.717) is 0 Å². The minimum absolute atomic E-state index is 0.199. The second kappa shape index (κ2) is 7.91. The van der Waals surface area contributed by atoms with E-state index in [4.69, 9.17) is 0 Å². The highest BCUT2D eigenvalue weighted by molar-refractivity contribution is 7.99. The smallest absolute Gasteiger partial charge is 0.123 e. The molecule has 4 heteroatoms. The Kier molecular flexibility index (Phi) is 5.37. The predicted molar refractivity (Wildman–Crippen MR) is 113 cm³/mol. The topological polar surface area (TPSA) is 8.17 Å². The molecule has 0 amide bonds. The predicted octanol–water partition coefficient (Wildman–Crippen LogP) is 5.45. The maximum Gasteiger partial charge on any atom is 0.123 e. The van der Waals surface area contributed by atoms with Gasteiger partial charge < -0.3 is 4.57 Å². The highest BCUT2D eigenvalue weighted by Crippen LogP contribution is 2.32. The summed E-state index contributed by atoms with van der Waals surface area (Å²) >= 11 is 2.04. The molecule has 1 aliphatic rings. The van der Waals surface area contributed by atoms with Crippen molar-refractivity contribution in [3.63, 3.8) is 0 Å². The molecular weight excluding hydrogens is 355 g/mol. The Hall–Kier alpha value is -2.04. The number of hydrogen-bond donors (Lipinski definition) is 0. The summed E-state index contributed by atoms with van der Waals surface area (Å²) in [7, 11) is 0. The fourth-order valence-electron chi connectivity index (χ4n) is 3.78. The Morgan fingerprint density at radius 1 is 0.963 bits per heavy atom. The van der Waals surface area contributed by atoms with Gasteiger partial charge in [-0.05, 0) is 66.9 Å². The first-order valence-corrected chi connectivity index (χ1v) is 10.6. The average Bonchev–Trinajstić information content (AvgIpc) is 3.00. The van der Waals surface area contributed by atoms with Crippen LogP contribution in [0, 0.1) is 19.7 Å². The van der Waals surface area contributed by atoms with Crippen LogP contribution in [-0.2, 0) is 6.54 Å². The van der Waals surface area contributed by atoms with Gasteiger partial charge in [0, 0.05) is 42.5 Å². The molecule has 0 atom stereocenters. The number of hydrogen-bond acceptors (Lipinski definition) is 2. The Balaban J connectivity index is 1.81. The molecular formula is C23H25FN2S. The minimum Gasteiger partial charge on any atom is -0.313 e. The summed E-state index contributed by atoms with van der Waals surface area (Å²) in [6.45, 7) is 7.61. The van der Waals surface area contributed by atoms with E-state index in [1.165, 1.54) is 34.0 Å². The lowest BCUT2D eigenvalue weighted by atomic mass is 10.1. The highest BCUT2D eigenvalue weighted by atomic mass is 32.2. The molecule has 4 rings (SSSR count). The summed E-state index contributed by atoms with van der Waals surface area (Å²) < 4.78 is 15.8. The summed E-state index contributed by atoms with van der Waals surface area (Å²) in [6, 6.07) is 17.6. The first-order valence-electron chi connectivity index (χ1n) is 9.47. The summed E-state index contributed by atoms with van der Waals surface area (Å²) in [5.41, 5.74) is 7.22. The van der Waals surface area contributed by atoms with Gasteiger partial charge in [0.1, 0.15) is 5.82 Å². The summed E-state index contributed by atoms with van der Waals surface area (Å²) in [4.78, 5) is 2.54. The van der Waals surface area contributed by atoms with Gasteiger partial charge in [0.15, 0.2) is 0 Å². The molecule has 0 unspecified atom stereocenters. The monoisotopic (exact) mass is 380 g/mol. The standard InChI is InChI=1S/C23H25FN2S/c1-17-5-3-4-6-22(17)26-18(2)20(16-25-11-13-27-14-12-25)15-23(26)19-7-9-21(24)10-8-19/h3-10,15H,11-14,16H2,1-2H3. The van der Waals surface area contributed by atoms with Crippen molar-refractivity contribution in [3.05, 3.63) is 77.2 Å². The minimum atomic E-state index is -0.199. The first-order chi connectivity index (χ1) is 13.1. The van der Waals surface area contributed by atoms with E-state index < -0.39 is 0 Å². The lowest BCUT2D eigenvalue weighted by Crippen LogP contribution is -2.32. The van der Waals surface area contributed by atoms with Crippen molar-refractivity contribution in [1.29, 1.82) is 0 Å². The Bertz CT molecular complexity index is 924. The molecule has 0 aliphatic carbocycles. The van der Waals surface area contributed by atoms with Crippen LogP contribution in [-0.4, -0.2) is 34.1 Å². The van der Waals surface area contributed by atoms with Gasteiger partial charge in [-0.2, -0.15) is 11.8 Å². The van der Waals surface area contributed by atoms with Crippen LogP contribution in [0.1, 0.15) is 16.8 Å². The Morgan fingerprint density at radius 2 is 1.67 bits per heavy atom. The van der Waals surface area contributed by atoms with Crippen molar-refractivity contribution in [2.45, 2.75) is 20.4 Å². The van der Waals surface area contributed by atoms with Crippen molar-refractivity contribution < 1.29 is 4.39 Å². The normalized spacial score (nSPS) is 15.2. The van der Waals surface area contributed by atoms with Crippen molar-refractivity contribution in [2.24, 2.45) is 0 Å². The molecule has 2 heterocycles. The van der Waals surface area contributed by atoms with E-state index >= 15 is 0 Å². The van der Waals surface area contributed by atoms with Crippen molar-refractivity contribution in [1.82, 2.24) is 9.47 Å². The van der Waals surface area contributed by atoms with Crippen LogP contribution in [0.4, 0.5) is 4.39 Å². The van der Waals surface area contributed by atoms with Gasteiger partial charge in [0.05, 0.1) is 5.69 Å². The van der Waals surface area contributed by atoms with E-state index in [1.807, 2.05) is 23.9 Å². The molecule has 140 valence electrons. The largest absolute Gasteiger partial charge is 0.313 e. The van der Waals surface area contributed by atoms with Gasteiger partial charge in [-0.15, -0.1) is 0 Å². The second-order valence-corrected chi connectivity index (χ2v) is 8.38. The van der Waals surface area contributed by atoms with Crippen LogP contribution in [0.15, 0.2) is 54.6 Å². The van der Waals surface area contributed by atoms with Crippen LogP contribution in [0.2, 0.25) is 0 Å². The molecule has 0 radical (unpaired) electrons. The van der Waals surface area contributed by atoms with Gasteiger partial charge in [-0.3, -0.25) is 4.90 Å². The van der Waals surface area contributed by atoms with Crippen LogP contribution in [0.25, 0.3) is 16.9 Å².